The number of thioether (sulfide) groups is 1. The molecule has 0 unspecified atom stereocenters. The molecule has 0 radical (unpaired) electrons. The van der Waals surface area contributed by atoms with Crippen LogP contribution in [0.3, 0.4) is 0 Å². The average molecular weight is 355 g/mol. The third kappa shape index (κ3) is 4.00. The molecule has 2 N–H and O–H groups in total. The van der Waals surface area contributed by atoms with E-state index in [9.17, 15) is 9.59 Å². The highest BCUT2D eigenvalue weighted by atomic mass is 32.2. The predicted octanol–water partition coefficient (Wildman–Crippen LogP) is 3.39. The molecule has 0 atom stereocenters. The van der Waals surface area contributed by atoms with Gasteiger partial charge in [0, 0.05) is 0 Å². The van der Waals surface area contributed by atoms with Gasteiger partial charge >= 0.3 is 5.97 Å². The van der Waals surface area contributed by atoms with Crippen molar-refractivity contribution in [2.75, 3.05) is 18.2 Å². The molecule has 25 heavy (non-hydrogen) atoms. The molecule has 0 aliphatic heterocycles. The summed E-state index contributed by atoms with van der Waals surface area (Å²) in [5.74, 6) is -0.539. The number of carbonyl (C=O) groups excluding carboxylic acids is 2. The average Bonchev–Trinajstić information content (AvgIpc) is 3.02. The maximum atomic E-state index is 12.2. The minimum atomic E-state index is -0.490. The Morgan fingerprint density at radius 1 is 1.24 bits per heavy atom. The lowest BCUT2D eigenvalue weighted by Gasteiger charge is -2.08. The summed E-state index contributed by atoms with van der Waals surface area (Å²) in [6.07, 6.45) is 0. The number of fused-ring (bicyclic) bond motifs is 1. The lowest BCUT2D eigenvalue weighted by molar-refractivity contribution is -0.113. The molecule has 0 saturated heterocycles. The molecule has 3 rings (SSSR count). The van der Waals surface area contributed by atoms with Crippen LogP contribution in [0.15, 0.2) is 47.6 Å². The van der Waals surface area contributed by atoms with Gasteiger partial charge in [-0.2, -0.15) is 0 Å². The number of rotatable bonds is 5. The van der Waals surface area contributed by atoms with Gasteiger partial charge in [-0.1, -0.05) is 30.0 Å². The van der Waals surface area contributed by atoms with E-state index in [0.717, 1.165) is 16.6 Å². The lowest BCUT2D eigenvalue weighted by atomic mass is 10.2. The number of hydrogen-bond acceptors (Lipinski definition) is 5. The van der Waals surface area contributed by atoms with Crippen LogP contribution in [0.25, 0.3) is 11.0 Å². The third-order valence-electron chi connectivity index (χ3n) is 3.56. The summed E-state index contributed by atoms with van der Waals surface area (Å²) in [4.78, 5) is 31.6. The van der Waals surface area contributed by atoms with E-state index < -0.39 is 5.97 Å². The fourth-order valence-corrected chi connectivity index (χ4v) is 3.05. The maximum absolute atomic E-state index is 12.2. The minimum Gasteiger partial charge on any atom is -0.465 e. The monoisotopic (exact) mass is 355 g/mol. The molecule has 0 saturated carbocycles. The van der Waals surface area contributed by atoms with Gasteiger partial charge in [0.05, 0.1) is 35.1 Å². The van der Waals surface area contributed by atoms with Crippen molar-refractivity contribution in [2.24, 2.45) is 0 Å². The number of esters is 1. The van der Waals surface area contributed by atoms with Gasteiger partial charge in [0.15, 0.2) is 5.16 Å². The fourth-order valence-electron chi connectivity index (χ4n) is 2.37. The first-order valence-corrected chi connectivity index (χ1v) is 8.62. The van der Waals surface area contributed by atoms with Crippen molar-refractivity contribution in [3.63, 3.8) is 0 Å². The molecule has 0 aliphatic carbocycles. The minimum absolute atomic E-state index is 0.175. The molecule has 1 aromatic heterocycles. The number of nitrogens with one attached hydrogen (secondary N) is 2. The Morgan fingerprint density at radius 3 is 2.84 bits per heavy atom. The van der Waals surface area contributed by atoms with E-state index in [1.54, 1.807) is 24.3 Å². The maximum Gasteiger partial charge on any atom is 0.339 e. The van der Waals surface area contributed by atoms with Crippen LogP contribution in [-0.4, -0.2) is 34.7 Å². The Bertz CT molecular complexity index is 936. The zero-order chi connectivity index (χ0) is 17.8. The largest absolute Gasteiger partial charge is 0.465 e. The zero-order valence-corrected chi connectivity index (χ0v) is 14.6. The number of anilines is 1. The molecule has 0 aliphatic rings. The number of methoxy groups -OCH3 is 1. The van der Waals surface area contributed by atoms with Gasteiger partial charge in [0.25, 0.3) is 0 Å². The molecular formula is C18H17N3O3S. The van der Waals surface area contributed by atoms with E-state index in [4.69, 9.17) is 4.74 Å². The first-order chi connectivity index (χ1) is 12.1. The molecule has 2 aromatic carbocycles. The topological polar surface area (TPSA) is 84.1 Å². The highest BCUT2D eigenvalue weighted by molar-refractivity contribution is 7.99. The van der Waals surface area contributed by atoms with Crippen LogP contribution in [0.5, 0.6) is 0 Å². The molecular weight excluding hydrogens is 338 g/mol. The van der Waals surface area contributed by atoms with E-state index in [1.165, 1.54) is 18.9 Å². The standard InChI is InChI=1S/C18H17N3O3S/c1-11-7-8-14-15(9-11)21-18(20-14)25-10-16(22)19-13-6-4-3-5-12(13)17(23)24-2/h3-9H,10H2,1-2H3,(H,19,22)(H,20,21). The normalized spacial score (nSPS) is 10.6. The Balaban J connectivity index is 1.66. The van der Waals surface area contributed by atoms with E-state index in [-0.39, 0.29) is 11.7 Å². The fraction of sp³-hybridized carbons (Fsp3) is 0.167. The number of imidazole rings is 1. The summed E-state index contributed by atoms with van der Waals surface area (Å²) < 4.78 is 4.72. The number of para-hydroxylation sites is 1. The van der Waals surface area contributed by atoms with Gasteiger partial charge in [-0.05, 0) is 36.8 Å². The summed E-state index contributed by atoms with van der Waals surface area (Å²) >= 11 is 1.30. The second-order valence-electron chi connectivity index (χ2n) is 5.44. The number of aryl methyl sites for hydroxylation is 1. The highest BCUT2D eigenvalue weighted by Gasteiger charge is 2.14. The Hall–Kier alpha value is -2.80. The molecule has 6 nitrogen and oxygen atoms in total. The van der Waals surface area contributed by atoms with Crippen LogP contribution < -0.4 is 5.32 Å². The zero-order valence-electron chi connectivity index (χ0n) is 13.8. The summed E-state index contributed by atoms with van der Waals surface area (Å²) in [5, 5.41) is 3.41. The van der Waals surface area contributed by atoms with Gasteiger partial charge in [-0.25, -0.2) is 9.78 Å². The van der Waals surface area contributed by atoms with Gasteiger partial charge in [-0.3, -0.25) is 4.79 Å². The molecule has 1 amide bonds. The number of H-pyrrole nitrogens is 1. The van der Waals surface area contributed by atoms with Crippen LogP contribution in [0.2, 0.25) is 0 Å². The van der Waals surface area contributed by atoms with E-state index in [2.05, 4.69) is 15.3 Å². The Kier molecular flexibility index (Phi) is 5.04. The van der Waals surface area contributed by atoms with Crippen LogP contribution in [0, 0.1) is 6.92 Å². The number of nitrogens with zero attached hydrogens (tertiary/aromatic N) is 1. The van der Waals surface area contributed by atoms with Crippen molar-refractivity contribution in [2.45, 2.75) is 12.1 Å². The van der Waals surface area contributed by atoms with Crippen LogP contribution in [-0.2, 0) is 9.53 Å². The summed E-state index contributed by atoms with van der Waals surface area (Å²) in [7, 11) is 1.31. The van der Waals surface area contributed by atoms with Gasteiger partial charge in [-0.15, -0.1) is 0 Å². The predicted molar refractivity (Wildman–Crippen MR) is 98.0 cm³/mol. The molecule has 1 heterocycles. The van der Waals surface area contributed by atoms with Gasteiger partial charge < -0.3 is 15.0 Å². The summed E-state index contributed by atoms with van der Waals surface area (Å²) in [5.41, 5.74) is 3.70. The highest BCUT2D eigenvalue weighted by Crippen LogP contribution is 2.21. The van der Waals surface area contributed by atoms with Crippen molar-refractivity contribution in [1.82, 2.24) is 9.97 Å². The quantitative estimate of drug-likeness (QED) is 0.541. The van der Waals surface area contributed by atoms with Crippen molar-refractivity contribution in [3.05, 3.63) is 53.6 Å². The second-order valence-corrected chi connectivity index (χ2v) is 6.40. The van der Waals surface area contributed by atoms with Crippen molar-refractivity contribution >= 4 is 40.4 Å². The number of carbonyl (C=O) groups is 2. The molecule has 0 bridgehead atoms. The van der Waals surface area contributed by atoms with Gasteiger partial charge in [0.2, 0.25) is 5.91 Å². The van der Waals surface area contributed by atoms with Crippen molar-refractivity contribution < 1.29 is 14.3 Å². The smallest absolute Gasteiger partial charge is 0.339 e. The van der Waals surface area contributed by atoms with E-state index >= 15 is 0 Å². The Morgan fingerprint density at radius 2 is 2.04 bits per heavy atom. The van der Waals surface area contributed by atoms with Crippen LogP contribution >= 0.6 is 11.8 Å². The number of ether oxygens (including phenoxy) is 1. The third-order valence-corrected chi connectivity index (χ3v) is 4.44. The lowest BCUT2D eigenvalue weighted by Crippen LogP contribution is -2.17. The molecule has 0 spiro atoms. The van der Waals surface area contributed by atoms with Crippen molar-refractivity contribution in [3.8, 4) is 0 Å². The molecule has 128 valence electrons. The number of aromatic amines is 1. The first kappa shape index (κ1) is 17.0. The SMILES string of the molecule is COC(=O)c1ccccc1NC(=O)CSc1nc2ccc(C)cc2[nH]1. The van der Waals surface area contributed by atoms with Crippen molar-refractivity contribution in [1.29, 1.82) is 0 Å². The van der Waals surface area contributed by atoms with Gasteiger partial charge in [0.1, 0.15) is 0 Å². The first-order valence-electron chi connectivity index (χ1n) is 7.63. The number of benzene rings is 2. The molecule has 7 heteroatoms. The Labute approximate surface area is 149 Å². The van der Waals surface area contributed by atoms with Crippen LogP contribution in [0.4, 0.5) is 5.69 Å². The van der Waals surface area contributed by atoms with E-state index in [1.807, 2.05) is 25.1 Å². The molecule has 3 aromatic rings. The van der Waals surface area contributed by atoms with Crippen LogP contribution in [0.1, 0.15) is 15.9 Å². The number of amides is 1. The summed E-state index contributed by atoms with van der Waals surface area (Å²) in [6.45, 7) is 2.01. The summed E-state index contributed by atoms with van der Waals surface area (Å²) in [6, 6.07) is 12.7. The second kappa shape index (κ2) is 7.40. The number of hydrogen-bond donors (Lipinski definition) is 2. The number of aromatic nitrogens is 2. The van der Waals surface area contributed by atoms with E-state index in [0.29, 0.717) is 16.4 Å². The molecule has 0 fully saturated rings.